The van der Waals surface area contributed by atoms with Crippen molar-refractivity contribution in [3.8, 4) is 5.75 Å². The lowest BCUT2D eigenvalue weighted by Crippen LogP contribution is -2.48. The van der Waals surface area contributed by atoms with E-state index in [1.807, 2.05) is 31.2 Å². The molecule has 2 unspecified atom stereocenters. The highest BCUT2D eigenvalue weighted by Crippen LogP contribution is 2.55. The Balaban J connectivity index is 1.44. The molecule has 1 aliphatic carbocycles. The van der Waals surface area contributed by atoms with Crippen LogP contribution in [0.5, 0.6) is 5.75 Å². The standard InChI is InChI=1S/C25H30N2O4/c1-3-24-9-10-25(30-13-14-31-25)16-19(24)8-12-29-22-15-18(6-7-20(22)24)23(28)27-21-5-4-11-26-17(21)2/h4-7,11,15,19H,3,8-10,12-14,16H2,1-2H3,(H,27,28). The van der Waals surface area contributed by atoms with Crippen LogP contribution in [0.25, 0.3) is 0 Å². The highest BCUT2D eigenvalue weighted by atomic mass is 16.7. The zero-order valence-electron chi connectivity index (χ0n) is 18.3. The second-order valence-corrected chi connectivity index (χ2v) is 8.96. The first-order valence-electron chi connectivity index (χ1n) is 11.3. The van der Waals surface area contributed by atoms with E-state index < -0.39 is 5.79 Å². The van der Waals surface area contributed by atoms with Gasteiger partial charge in [0, 0.05) is 35.6 Å². The fourth-order valence-corrected chi connectivity index (χ4v) is 5.75. The molecular weight excluding hydrogens is 392 g/mol. The molecule has 2 atom stereocenters. The molecule has 2 aliphatic heterocycles. The van der Waals surface area contributed by atoms with Gasteiger partial charge < -0.3 is 19.5 Å². The monoisotopic (exact) mass is 422 g/mol. The van der Waals surface area contributed by atoms with Crippen molar-refractivity contribution in [2.24, 2.45) is 5.92 Å². The second-order valence-electron chi connectivity index (χ2n) is 8.96. The molecular formula is C25H30N2O4. The van der Waals surface area contributed by atoms with Crippen molar-refractivity contribution in [3.05, 3.63) is 53.3 Å². The molecule has 0 bridgehead atoms. The highest BCUT2D eigenvalue weighted by molar-refractivity contribution is 6.04. The van der Waals surface area contributed by atoms with Crippen molar-refractivity contribution < 1.29 is 19.0 Å². The molecule has 1 saturated heterocycles. The van der Waals surface area contributed by atoms with Crippen LogP contribution >= 0.6 is 0 Å². The number of carbonyl (C=O) groups is 1. The van der Waals surface area contributed by atoms with E-state index in [1.165, 1.54) is 5.56 Å². The number of aromatic nitrogens is 1. The van der Waals surface area contributed by atoms with Gasteiger partial charge in [0.25, 0.3) is 5.91 Å². The van der Waals surface area contributed by atoms with Crippen LogP contribution in [0.4, 0.5) is 5.69 Å². The number of aryl methyl sites for hydroxylation is 1. The van der Waals surface area contributed by atoms with Crippen molar-refractivity contribution in [3.63, 3.8) is 0 Å². The largest absolute Gasteiger partial charge is 0.493 e. The molecule has 1 amide bonds. The van der Waals surface area contributed by atoms with Crippen molar-refractivity contribution >= 4 is 11.6 Å². The Kier molecular flexibility index (Phi) is 5.22. The van der Waals surface area contributed by atoms with Gasteiger partial charge in [0.15, 0.2) is 5.79 Å². The van der Waals surface area contributed by atoms with Crippen LogP contribution in [-0.2, 0) is 14.9 Å². The van der Waals surface area contributed by atoms with Crippen molar-refractivity contribution in [1.82, 2.24) is 4.98 Å². The number of hydrogen-bond acceptors (Lipinski definition) is 5. The Hall–Kier alpha value is -2.44. The molecule has 6 nitrogen and oxygen atoms in total. The summed E-state index contributed by atoms with van der Waals surface area (Å²) in [5.41, 5.74) is 3.37. The summed E-state index contributed by atoms with van der Waals surface area (Å²) in [5.74, 6) is 0.714. The van der Waals surface area contributed by atoms with Crippen molar-refractivity contribution in [2.45, 2.75) is 57.2 Å². The fraction of sp³-hybridized carbons (Fsp3) is 0.520. The number of hydrogen-bond donors (Lipinski definition) is 1. The number of benzene rings is 1. The normalized spacial score (nSPS) is 26.5. The average molecular weight is 423 g/mol. The topological polar surface area (TPSA) is 69.7 Å². The summed E-state index contributed by atoms with van der Waals surface area (Å²) >= 11 is 0. The first-order chi connectivity index (χ1) is 15.1. The predicted octanol–water partition coefficient (Wildman–Crippen LogP) is 4.62. The number of carbonyl (C=O) groups excluding carboxylic acids is 1. The van der Waals surface area contributed by atoms with Crippen molar-refractivity contribution in [2.75, 3.05) is 25.1 Å². The van der Waals surface area contributed by atoms with Crippen LogP contribution in [0.15, 0.2) is 36.5 Å². The van der Waals surface area contributed by atoms with Crippen LogP contribution in [0, 0.1) is 12.8 Å². The summed E-state index contributed by atoms with van der Waals surface area (Å²) in [6.07, 6.45) is 6.53. The number of fused-ring (bicyclic) bond motifs is 3. The van der Waals surface area contributed by atoms with Gasteiger partial charge in [-0.15, -0.1) is 0 Å². The minimum absolute atomic E-state index is 0.0291. The van der Waals surface area contributed by atoms with Crippen LogP contribution in [0.2, 0.25) is 0 Å². The zero-order valence-corrected chi connectivity index (χ0v) is 18.3. The van der Waals surface area contributed by atoms with Gasteiger partial charge >= 0.3 is 0 Å². The van der Waals surface area contributed by atoms with E-state index in [0.29, 0.717) is 31.3 Å². The number of anilines is 1. The molecule has 6 heteroatoms. The number of pyridine rings is 1. The number of ether oxygens (including phenoxy) is 3. The van der Waals surface area contributed by atoms with Crippen molar-refractivity contribution in [1.29, 1.82) is 0 Å². The lowest BCUT2D eigenvalue weighted by molar-refractivity contribution is -0.199. The maximum absolute atomic E-state index is 12.9. The zero-order chi connectivity index (χ0) is 21.5. The molecule has 164 valence electrons. The van der Waals surface area contributed by atoms with E-state index in [4.69, 9.17) is 14.2 Å². The fourth-order valence-electron chi connectivity index (χ4n) is 5.75. The Morgan fingerprint density at radius 2 is 2.03 bits per heavy atom. The van der Waals surface area contributed by atoms with E-state index >= 15 is 0 Å². The molecule has 5 rings (SSSR count). The summed E-state index contributed by atoms with van der Waals surface area (Å²) in [7, 11) is 0. The van der Waals surface area contributed by atoms with Crippen LogP contribution in [-0.4, -0.2) is 36.5 Å². The number of nitrogens with zero attached hydrogens (tertiary/aromatic N) is 1. The molecule has 1 spiro atoms. The number of nitrogens with one attached hydrogen (secondary N) is 1. The molecule has 1 N–H and O–H groups in total. The quantitative estimate of drug-likeness (QED) is 0.782. The Bertz CT molecular complexity index is 985. The maximum atomic E-state index is 12.9. The lowest BCUT2D eigenvalue weighted by atomic mass is 9.59. The summed E-state index contributed by atoms with van der Waals surface area (Å²) in [4.78, 5) is 17.2. The van der Waals surface area contributed by atoms with Gasteiger partial charge in [-0.1, -0.05) is 13.0 Å². The smallest absolute Gasteiger partial charge is 0.255 e. The van der Waals surface area contributed by atoms with E-state index in [1.54, 1.807) is 6.20 Å². The molecule has 31 heavy (non-hydrogen) atoms. The van der Waals surface area contributed by atoms with Gasteiger partial charge in [0.1, 0.15) is 5.75 Å². The lowest BCUT2D eigenvalue weighted by Gasteiger charge is -2.49. The summed E-state index contributed by atoms with van der Waals surface area (Å²) < 4.78 is 18.3. The Morgan fingerprint density at radius 3 is 2.81 bits per heavy atom. The maximum Gasteiger partial charge on any atom is 0.255 e. The van der Waals surface area contributed by atoms with Gasteiger partial charge in [0.05, 0.1) is 31.2 Å². The van der Waals surface area contributed by atoms with E-state index in [-0.39, 0.29) is 11.3 Å². The molecule has 2 aromatic rings. The molecule has 1 aromatic carbocycles. The first kappa shape index (κ1) is 20.5. The van der Waals surface area contributed by atoms with Gasteiger partial charge in [-0.2, -0.15) is 0 Å². The minimum atomic E-state index is -0.407. The third-order valence-corrected chi connectivity index (χ3v) is 7.49. The molecule has 1 saturated carbocycles. The van der Waals surface area contributed by atoms with Crippen LogP contribution in [0.3, 0.4) is 0 Å². The molecule has 3 heterocycles. The van der Waals surface area contributed by atoms with E-state index in [2.05, 4.69) is 23.3 Å². The SMILES string of the molecule is CCC12CCC3(CC1CCOc1cc(C(=O)Nc4cccnc4C)ccc12)OCCO3. The number of amides is 1. The van der Waals surface area contributed by atoms with Gasteiger partial charge in [-0.25, -0.2) is 0 Å². The first-order valence-corrected chi connectivity index (χ1v) is 11.3. The molecule has 0 radical (unpaired) electrons. The molecule has 2 fully saturated rings. The average Bonchev–Trinajstić information content (AvgIpc) is 3.17. The number of rotatable bonds is 3. The predicted molar refractivity (Wildman–Crippen MR) is 117 cm³/mol. The highest BCUT2D eigenvalue weighted by Gasteiger charge is 2.53. The van der Waals surface area contributed by atoms with Crippen LogP contribution in [0.1, 0.15) is 60.6 Å². The third-order valence-electron chi connectivity index (χ3n) is 7.49. The summed E-state index contributed by atoms with van der Waals surface area (Å²) in [6.45, 7) is 6.17. The Labute approximate surface area is 183 Å². The molecule has 1 aromatic heterocycles. The van der Waals surface area contributed by atoms with E-state index in [0.717, 1.165) is 49.2 Å². The second kappa shape index (κ2) is 7.92. The van der Waals surface area contributed by atoms with Gasteiger partial charge in [-0.05, 0) is 56.4 Å². The Morgan fingerprint density at radius 1 is 1.19 bits per heavy atom. The summed E-state index contributed by atoms with van der Waals surface area (Å²) in [5, 5.41) is 2.97. The van der Waals surface area contributed by atoms with Gasteiger partial charge in [0.2, 0.25) is 0 Å². The van der Waals surface area contributed by atoms with Crippen LogP contribution < -0.4 is 10.1 Å². The molecule has 3 aliphatic rings. The van der Waals surface area contributed by atoms with E-state index in [9.17, 15) is 4.79 Å². The van der Waals surface area contributed by atoms with Gasteiger partial charge in [-0.3, -0.25) is 9.78 Å². The summed E-state index contributed by atoms with van der Waals surface area (Å²) in [6, 6.07) is 9.62. The third kappa shape index (κ3) is 3.52. The minimum Gasteiger partial charge on any atom is -0.493 e.